The van der Waals surface area contributed by atoms with Crippen molar-refractivity contribution in [3.63, 3.8) is 0 Å². The van der Waals surface area contributed by atoms with Crippen LogP contribution in [0.5, 0.6) is 0 Å². The lowest BCUT2D eigenvalue weighted by atomic mass is 10.0. The van der Waals surface area contributed by atoms with Gasteiger partial charge < -0.3 is 18.9 Å². The molecule has 2 aliphatic rings. The zero-order valence-corrected chi connectivity index (χ0v) is 12.3. The van der Waals surface area contributed by atoms with Crippen molar-refractivity contribution in [1.82, 2.24) is 0 Å². The van der Waals surface area contributed by atoms with Gasteiger partial charge in [0.15, 0.2) is 6.29 Å². The van der Waals surface area contributed by atoms with Crippen molar-refractivity contribution in [3.05, 3.63) is 34.9 Å². The molecule has 0 spiro atoms. The van der Waals surface area contributed by atoms with Gasteiger partial charge in [0, 0.05) is 13.5 Å². The van der Waals surface area contributed by atoms with E-state index in [-0.39, 0.29) is 24.6 Å². The van der Waals surface area contributed by atoms with Crippen molar-refractivity contribution in [2.24, 2.45) is 0 Å². The normalized spacial score (nSPS) is 32.5. The van der Waals surface area contributed by atoms with E-state index in [1.54, 1.807) is 7.11 Å². The summed E-state index contributed by atoms with van der Waals surface area (Å²) in [7, 11) is 1.69. The zero-order chi connectivity index (χ0) is 14.1. The summed E-state index contributed by atoms with van der Waals surface area (Å²) in [5.41, 5.74) is 3.74. The predicted molar refractivity (Wildman–Crippen MR) is 74.5 cm³/mol. The van der Waals surface area contributed by atoms with Crippen molar-refractivity contribution in [2.75, 3.05) is 13.7 Å². The van der Waals surface area contributed by atoms with Crippen LogP contribution >= 0.6 is 0 Å². The van der Waals surface area contributed by atoms with E-state index >= 15 is 0 Å². The van der Waals surface area contributed by atoms with Gasteiger partial charge in [-0.05, 0) is 19.4 Å². The van der Waals surface area contributed by atoms with Gasteiger partial charge in [-0.1, -0.05) is 29.3 Å². The first-order chi connectivity index (χ1) is 9.65. The summed E-state index contributed by atoms with van der Waals surface area (Å²) < 4.78 is 22.8. The van der Waals surface area contributed by atoms with Crippen LogP contribution in [0.25, 0.3) is 0 Å². The maximum absolute atomic E-state index is 6.06. The summed E-state index contributed by atoms with van der Waals surface area (Å²) >= 11 is 0. The van der Waals surface area contributed by atoms with Crippen LogP contribution in [0.4, 0.5) is 0 Å². The molecular weight excluding hydrogens is 256 g/mol. The topological polar surface area (TPSA) is 36.9 Å². The number of fused-ring (bicyclic) bond motifs is 2. The molecule has 1 aromatic rings. The van der Waals surface area contributed by atoms with E-state index in [1.807, 2.05) is 0 Å². The SMILES string of the molecule is CO[C@@H]1C[C@H](OCc2cc(C)cc(C)c2)[C@H]2CO[C@@H]1O2. The van der Waals surface area contributed by atoms with Gasteiger partial charge >= 0.3 is 0 Å². The molecule has 0 amide bonds. The van der Waals surface area contributed by atoms with Crippen LogP contribution in [0.3, 0.4) is 0 Å². The number of ether oxygens (including phenoxy) is 4. The molecule has 0 saturated carbocycles. The van der Waals surface area contributed by atoms with E-state index < -0.39 is 0 Å². The van der Waals surface area contributed by atoms with Gasteiger partial charge in [0.25, 0.3) is 0 Å². The third-order valence-corrected chi connectivity index (χ3v) is 3.96. The van der Waals surface area contributed by atoms with Crippen LogP contribution in [-0.4, -0.2) is 38.3 Å². The average Bonchev–Trinajstić information content (AvgIpc) is 2.82. The molecule has 0 N–H and O–H groups in total. The molecule has 4 nitrogen and oxygen atoms in total. The lowest BCUT2D eigenvalue weighted by Gasteiger charge is -2.32. The fourth-order valence-corrected chi connectivity index (χ4v) is 3.06. The Morgan fingerprint density at radius 3 is 2.60 bits per heavy atom. The van der Waals surface area contributed by atoms with Gasteiger partial charge in [0.05, 0.1) is 19.3 Å². The van der Waals surface area contributed by atoms with E-state index in [0.717, 1.165) is 6.42 Å². The molecule has 2 saturated heterocycles. The van der Waals surface area contributed by atoms with Crippen molar-refractivity contribution in [1.29, 1.82) is 0 Å². The second-order valence-corrected chi connectivity index (χ2v) is 5.73. The highest BCUT2D eigenvalue weighted by molar-refractivity contribution is 5.28. The molecule has 0 aliphatic carbocycles. The van der Waals surface area contributed by atoms with Gasteiger partial charge in [-0.25, -0.2) is 0 Å². The van der Waals surface area contributed by atoms with E-state index in [0.29, 0.717) is 13.2 Å². The maximum Gasteiger partial charge on any atom is 0.184 e. The molecule has 1 aromatic carbocycles. The highest BCUT2D eigenvalue weighted by atomic mass is 16.7. The van der Waals surface area contributed by atoms with Gasteiger partial charge in [-0.15, -0.1) is 0 Å². The summed E-state index contributed by atoms with van der Waals surface area (Å²) in [5.74, 6) is 0. The number of aryl methyl sites for hydroxylation is 2. The molecule has 4 heteroatoms. The third kappa shape index (κ3) is 2.88. The van der Waals surface area contributed by atoms with Crippen LogP contribution in [0.1, 0.15) is 23.1 Å². The van der Waals surface area contributed by atoms with Crippen molar-refractivity contribution < 1.29 is 18.9 Å². The Bertz CT molecular complexity index is 453. The Balaban J connectivity index is 1.62. The largest absolute Gasteiger partial charge is 0.376 e. The number of methoxy groups -OCH3 is 1. The van der Waals surface area contributed by atoms with Gasteiger partial charge in [0.2, 0.25) is 0 Å². The molecule has 4 atom stereocenters. The number of rotatable bonds is 4. The summed E-state index contributed by atoms with van der Waals surface area (Å²) in [4.78, 5) is 0. The first-order valence-electron chi connectivity index (χ1n) is 7.14. The van der Waals surface area contributed by atoms with Gasteiger partial charge in [-0.3, -0.25) is 0 Å². The molecule has 2 heterocycles. The van der Waals surface area contributed by atoms with Crippen LogP contribution in [0.2, 0.25) is 0 Å². The monoisotopic (exact) mass is 278 g/mol. The van der Waals surface area contributed by atoms with Gasteiger partial charge in [-0.2, -0.15) is 0 Å². The van der Waals surface area contributed by atoms with E-state index in [2.05, 4.69) is 32.0 Å². The molecule has 3 rings (SSSR count). The Morgan fingerprint density at radius 2 is 1.90 bits per heavy atom. The molecule has 2 fully saturated rings. The maximum atomic E-state index is 6.06. The quantitative estimate of drug-likeness (QED) is 0.847. The molecule has 2 aliphatic heterocycles. The smallest absolute Gasteiger partial charge is 0.184 e. The fourth-order valence-electron chi connectivity index (χ4n) is 3.06. The Labute approximate surface area is 120 Å². The number of hydrogen-bond acceptors (Lipinski definition) is 4. The van der Waals surface area contributed by atoms with Crippen LogP contribution in [0, 0.1) is 13.8 Å². The van der Waals surface area contributed by atoms with Crippen LogP contribution in [0.15, 0.2) is 18.2 Å². The molecule has 110 valence electrons. The van der Waals surface area contributed by atoms with Crippen LogP contribution < -0.4 is 0 Å². The third-order valence-electron chi connectivity index (χ3n) is 3.96. The lowest BCUT2D eigenvalue weighted by Crippen LogP contribution is -2.44. The summed E-state index contributed by atoms with van der Waals surface area (Å²) in [6.07, 6.45) is 0.664. The Hall–Kier alpha value is -0.940. The van der Waals surface area contributed by atoms with Crippen molar-refractivity contribution in [3.8, 4) is 0 Å². The minimum atomic E-state index is -0.217. The average molecular weight is 278 g/mol. The molecule has 0 radical (unpaired) electrons. The second kappa shape index (κ2) is 5.82. The Kier molecular flexibility index (Phi) is 4.08. The van der Waals surface area contributed by atoms with E-state index in [4.69, 9.17) is 18.9 Å². The van der Waals surface area contributed by atoms with E-state index in [1.165, 1.54) is 16.7 Å². The number of benzene rings is 1. The second-order valence-electron chi connectivity index (χ2n) is 5.73. The summed E-state index contributed by atoms with van der Waals surface area (Å²) in [6, 6.07) is 6.50. The molecular formula is C16H22O4. The zero-order valence-electron chi connectivity index (χ0n) is 12.3. The van der Waals surface area contributed by atoms with E-state index in [9.17, 15) is 0 Å². The number of hydrogen-bond donors (Lipinski definition) is 0. The molecule has 0 unspecified atom stereocenters. The molecule has 0 aromatic heterocycles. The predicted octanol–water partition coefficient (Wildman–Crippen LogP) is 2.35. The highest BCUT2D eigenvalue weighted by Gasteiger charge is 2.44. The molecule has 20 heavy (non-hydrogen) atoms. The minimum absolute atomic E-state index is 0.0296. The van der Waals surface area contributed by atoms with Gasteiger partial charge in [0.1, 0.15) is 12.2 Å². The minimum Gasteiger partial charge on any atom is -0.376 e. The van der Waals surface area contributed by atoms with Crippen molar-refractivity contribution >= 4 is 0 Å². The first kappa shape index (κ1) is 14.0. The van der Waals surface area contributed by atoms with Crippen molar-refractivity contribution in [2.45, 2.75) is 51.5 Å². The van der Waals surface area contributed by atoms with Crippen LogP contribution in [-0.2, 0) is 25.6 Å². The fraction of sp³-hybridized carbons (Fsp3) is 0.625. The first-order valence-corrected chi connectivity index (χ1v) is 7.14. The summed E-state index contributed by atoms with van der Waals surface area (Å²) in [5, 5.41) is 0. The highest BCUT2D eigenvalue weighted by Crippen LogP contribution is 2.31. The standard InChI is InChI=1S/C16H22O4/c1-10-4-11(2)6-12(5-10)8-18-13-7-14(17-3)16-19-9-15(13)20-16/h4-6,13-16H,7-9H2,1-3H3/t13-,14+,15+,16+/m0/s1. The molecule has 2 bridgehead atoms. The Morgan fingerprint density at radius 1 is 1.15 bits per heavy atom. The lowest BCUT2D eigenvalue weighted by molar-refractivity contribution is -0.200. The summed E-state index contributed by atoms with van der Waals surface area (Å²) in [6.45, 7) is 5.42.